The van der Waals surface area contributed by atoms with Gasteiger partial charge in [-0.25, -0.2) is 0 Å². The molecule has 0 fully saturated rings. The summed E-state index contributed by atoms with van der Waals surface area (Å²) in [5.74, 6) is 0. The highest BCUT2D eigenvalue weighted by molar-refractivity contribution is 6.35. The van der Waals surface area contributed by atoms with E-state index in [9.17, 15) is 0 Å². The molecular weight excluding hydrogens is 410 g/mol. The monoisotopic (exact) mass is 433 g/mol. The Labute approximate surface area is 198 Å². The summed E-state index contributed by atoms with van der Waals surface area (Å²) in [5, 5.41) is 10.5. The van der Waals surface area contributed by atoms with Crippen molar-refractivity contribution >= 4 is 60.2 Å². The van der Waals surface area contributed by atoms with Crippen LogP contribution < -0.4 is 4.90 Å². The van der Waals surface area contributed by atoms with Crippen molar-refractivity contribution in [1.82, 2.24) is 0 Å². The number of anilines is 3. The highest BCUT2D eigenvalue weighted by Crippen LogP contribution is 2.47. The fourth-order valence-corrected chi connectivity index (χ4v) is 5.52. The molecule has 0 radical (unpaired) electrons. The Balaban J connectivity index is 1.69. The van der Waals surface area contributed by atoms with Gasteiger partial charge in [0.05, 0.1) is 5.69 Å². The molecule has 0 saturated heterocycles. The van der Waals surface area contributed by atoms with E-state index in [1.165, 1.54) is 54.3 Å². The lowest BCUT2D eigenvalue weighted by Crippen LogP contribution is -2.10. The predicted octanol–water partition coefficient (Wildman–Crippen LogP) is 9.52. The first kappa shape index (κ1) is 19.1. The van der Waals surface area contributed by atoms with Crippen LogP contribution in [0.3, 0.4) is 0 Å². The molecule has 0 bridgehead atoms. The Hall–Kier alpha value is -4.36. The summed E-state index contributed by atoms with van der Waals surface area (Å²) in [6.07, 6.45) is 0. The minimum absolute atomic E-state index is 1.16. The number of benzene rings is 7. The van der Waals surface area contributed by atoms with E-state index < -0.39 is 0 Å². The molecule has 0 aromatic heterocycles. The normalized spacial score (nSPS) is 11.7. The maximum Gasteiger partial charge on any atom is 0.0546 e. The lowest BCUT2D eigenvalue weighted by atomic mass is 9.88. The van der Waals surface area contributed by atoms with Gasteiger partial charge in [0.25, 0.3) is 0 Å². The molecule has 0 aliphatic carbocycles. The van der Waals surface area contributed by atoms with E-state index in [0.717, 1.165) is 11.4 Å². The zero-order chi connectivity index (χ0) is 22.6. The second-order valence-electron chi connectivity index (χ2n) is 9.08. The third kappa shape index (κ3) is 2.74. The Morgan fingerprint density at radius 3 is 1.71 bits per heavy atom. The quantitative estimate of drug-likeness (QED) is 0.198. The predicted molar refractivity (Wildman–Crippen MR) is 147 cm³/mol. The van der Waals surface area contributed by atoms with Crippen molar-refractivity contribution in [3.05, 3.63) is 127 Å². The second-order valence-corrected chi connectivity index (χ2v) is 9.08. The largest absolute Gasteiger partial charge is 0.310 e. The summed E-state index contributed by atoms with van der Waals surface area (Å²) in [7, 11) is 0. The Kier molecular flexibility index (Phi) is 4.13. The van der Waals surface area contributed by atoms with E-state index in [1.807, 2.05) is 0 Å². The molecule has 7 aromatic rings. The van der Waals surface area contributed by atoms with Gasteiger partial charge in [-0.3, -0.25) is 0 Å². The fourth-order valence-electron chi connectivity index (χ4n) is 5.52. The van der Waals surface area contributed by atoms with Gasteiger partial charge in [-0.05, 0) is 75.0 Å². The average molecular weight is 434 g/mol. The van der Waals surface area contributed by atoms with E-state index in [-0.39, 0.29) is 0 Å². The minimum Gasteiger partial charge on any atom is -0.310 e. The third-order valence-corrected chi connectivity index (χ3v) is 7.04. The van der Waals surface area contributed by atoms with Crippen LogP contribution in [0.5, 0.6) is 0 Å². The van der Waals surface area contributed by atoms with Crippen LogP contribution in [0, 0.1) is 6.92 Å². The highest BCUT2D eigenvalue weighted by atomic mass is 15.1. The van der Waals surface area contributed by atoms with Crippen molar-refractivity contribution in [2.75, 3.05) is 4.90 Å². The summed E-state index contributed by atoms with van der Waals surface area (Å²) in [6, 6.07) is 44.2. The van der Waals surface area contributed by atoms with Gasteiger partial charge >= 0.3 is 0 Å². The molecule has 0 unspecified atom stereocenters. The van der Waals surface area contributed by atoms with Crippen LogP contribution in [0.15, 0.2) is 121 Å². The molecule has 1 heteroatoms. The van der Waals surface area contributed by atoms with Gasteiger partial charge in [-0.2, -0.15) is 0 Å². The third-order valence-electron chi connectivity index (χ3n) is 7.04. The second kappa shape index (κ2) is 7.33. The number of aryl methyl sites for hydroxylation is 1. The molecule has 0 atom stereocenters. The van der Waals surface area contributed by atoms with Crippen molar-refractivity contribution in [2.45, 2.75) is 6.92 Å². The molecule has 160 valence electrons. The molecule has 0 heterocycles. The lowest BCUT2D eigenvalue weighted by molar-refractivity contribution is 1.29. The first-order valence-corrected chi connectivity index (χ1v) is 11.8. The van der Waals surface area contributed by atoms with Crippen molar-refractivity contribution in [1.29, 1.82) is 0 Å². The summed E-state index contributed by atoms with van der Waals surface area (Å²) in [6.45, 7) is 2.14. The number of nitrogens with zero attached hydrogens (tertiary/aromatic N) is 1. The molecule has 0 spiro atoms. The molecule has 1 nitrogen and oxygen atoms in total. The van der Waals surface area contributed by atoms with Crippen molar-refractivity contribution in [3.8, 4) is 0 Å². The SMILES string of the molecule is Cc1ccc(N(c2ccccc2)c2ccc3cccc4c5cccc6cccc(c2c34)c65)cc1. The summed E-state index contributed by atoms with van der Waals surface area (Å²) < 4.78 is 0. The van der Waals surface area contributed by atoms with Gasteiger partial charge in [0.2, 0.25) is 0 Å². The molecule has 7 rings (SSSR count). The smallest absolute Gasteiger partial charge is 0.0546 e. The number of para-hydroxylation sites is 1. The van der Waals surface area contributed by atoms with Crippen molar-refractivity contribution in [3.63, 3.8) is 0 Å². The van der Waals surface area contributed by atoms with E-state index in [1.54, 1.807) is 0 Å². The molecule has 0 aliphatic rings. The van der Waals surface area contributed by atoms with Crippen LogP contribution in [0.2, 0.25) is 0 Å². The Morgan fingerprint density at radius 1 is 0.412 bits per heavy atom. The van der Waals surface area contributed by atoms with Crippen LogP contribution in [0.1, 0.15) is 5.56 Å². The maximum atomic E-state index is 2.40. The number of fused-ring (bicyclic) bond motifs is 2. The zero-order valence-electron chi connectivity index (χ0n) is 19.0. The van der Waals surface area contributed by atoms with Gasteiger partial charge in [-0.15, -0.1) is 0 Å². The molecular formula is C33H23N. The van der Waals surface area contributed by atoms with Crippen LogP contribution in [0.25, 0.3) is 43.1 Å². The van der Waals surface area contributed by atoms with Gasteiger partial charge in [-0.1, -0.05) is 96.6 Å². The van der Waals surface area contributed by atoms with Crippen LogP contribution in [-0.2, 0) is 0 Å². The zero-order valence-corrected chi connectivity index (χ0v) is 19.0. The molecule has 0 saturated carbocycles. The Bertz CT molecular complexity index is 1790. The van der Waals surface area contributed by atoms with Crippen LogP contribution in [-0.4, -0.2) is 0 Å². The lowest BCUT2D eigenvalue weighted by Gasteiger charge is -2.28. The van der Waals surface area contributed by atoms with E-state index in [4.69, 9.17) is 0 Å². The number of hydrogen-bond acceptors (Lipinski definition) is 1. The molecule has 0 aliphatic heterocycles. The molecule has 34 heavy (non-hydrogen) atoms. The fraction of sp³-hybridized carbons (Fsp3) is 0.0303. The van der Waals surface area contributed by atoms with Gasteiger partial charge < -0.3 is 4.90 Å². The van der Waals surface area contributed by atoms with Crippen molar-refractivity contribution < 1.29 is 0 Å². The van der Waals surface area contributed by atoms with E-state index in [0.29, 0.717) is 0 Å². The summed E-state index contributed by atoms with van der Waals surface area (Å²) in [4.78, 5) is 2.40. The molecule has 0 amide bonds. The number of hydrogen-bond donors (Lipinski definition) is 0. The van der Waals surface area contributed by atoms with Gasteiger partial charge in [0.15, 0.2) is 0 Å². The first-order chi connectivity index (χ1) is 16.8. The number of rotatable bonds is 3. The minimum atomic E-state index is 1.16. The van der Waals surface area contributed by atoms with Crippen LogP contribution in [0.4, 0.5) is 17.1 Å². The highest BCUT2D eigenvalue weighted by Gasteiger charge is 2.20. The topological polar surface area (TPSA) is 3.24 Å². The van der Waals surface area contributed by atoms with Gasteiger partial charge in [0.1, 0.15) is 0 Å². The maximum absolute atomic E-state index is 2.40. The van der Waals surface area contributed by atoms with E-state index >= 15 is 0 Å². The average Bonchev–Trinajstić information content (AvgIpc) is 2.89. The van der Waals surface area contributed by atoms with Crippen molar-refractivity contribution in [2.24, 2.45) is 0 Å². The van der Waals surface area contributed by atoms with E-state index in [2.05, 4.69) is 133 Å². The molecule has 0 N–H and O–H groups in total. The Morgan fingerprint density at radius 2 is 1.00 bits per heavy atom. The first-order valence-electron chi connectivity index (χ1n) is 11.8. The molecule has 7 aromatic carbocycles. The van der Waals surface area contributed by atoms with Crippen LogP contribution >= 0.6 is 0 Å². The summed E-state index contributed by atoms with van der Waals surface area (Å²) >= 11 is 0. The van der Waals surface area contributed by atoms with Gasteiger partial charge in [0, 0.05) is 16.8 Å². The standard InChI is InChI=1S/C33H23N/c1-22-16-19-26(20-17-22)34(25-11-3-2-4-12-25)30-21-18-24-10-6-14-28-27-13-5-8-23-9-7-15-29(31(23)27)33(30)32(24)28/h2-21H,1H3. The summed E-state index contributed by atoms with van der Waals surface area (Å²) in [5.41, 5.74) is 4.79.